The first-order valence-electron chi connectivity index (χ1n) is 6.17. The van der Waals surface area contributed by atoms with E-state index in [4.69, 9.17) is 4.74 Å². The average molecular weight is 331 g/mol. The van der Waals surface area contributed by atoms with Crippen LogP contribution in [0.15, 0.2) is 24.3 Å². The van der Waals surface area contributed by atoms with E-state index < -0.39 is 18.5 Å². The van der Waals surface area contributed by atoms with Crippen LogP contribution in [0.2, 0.25) is 0 Å². The molecule has 0 bridgehead atoms. The van der Waals surface area contributed by atoms with Gasteiger partial charge in [0.2, 0.25) is 11.0 Å². The zero-order valence-electron chi connectivity index (χ0n) is 11.5. The highest BCUT2D eigenvalue weighted by molar-refractivity contribution is 7.15. The number of carbonyl (C=O) groups is 1. The lowest BCUT2D eigenvalue weighted by Crippen LogP contribution is -2.21. The first kappa shape index (κ1) is 16.2. The van der Waals surface area contributed by atoms with Gasteiger partial charge in [-0.3, -0.25) is 4.79 Å². The third kappa shape index (κ3) is 4.99. The fourth-order valence-electron chi connectivity index (χ4n) is 1.64. The van der Waals surface area contributed by atoms with Crippen molar-refractivity contribution in [2.75, 3.05) is 12.4 Å². The van der Waals surface area contributed by atoms with E-state index in [-0.39, 0.29) is 5.13 Å². The number of methoxy groups -OCH3 is 1. The summed E-state index contributed by atoms with van der Waals surface area (Å²) in [5.74, 6) is -0.430. The molecule has 0 aliphatic rings. The minimum Gasteiger partial charge on any atom is -0.497 e. The predicted octanol–water partition coefficient (Wildman–Crippen LogP) is 3.03. The molecular formula is C13H12F3N3O2S. The van der Waals surface area contributed by atoms with E-state index in [0.717, 1.165) is 22.6 Å². The first-order valence-corrected chi connectivity index (χ1v) is 6.99. The van der Waals surface area contributed by atoms with Gasteiger partial charge in [0.1, 0.15) is 17.2 Å². The van der Waals surface area contributed by atoms with Crippen molar-refractivity contribution in [2.45, 2.75) is 19.0 Å². The van der Waals surface area contributed by atoms with Crippen molar-refractivity contribution < 1.29 is 22.7 Å². The van der Waals surface area contributed by atoms with Crippen molar-refractivity contribution in [2.24, 2.45) is 0 Å². The maximum absolute atomic E-state index is 12.1. The van der Waals surface area contributed by atoms with Crippen molar-refractivity contribution in [3.05, 3.63) is 34.8 Å². The number of ether oxygens (including phenoxy) is 1. The Kier molecular flexibility index (Phi) is 4.96. The lowest BCUT2D eigenvalue weighted by Gasteiger charge is -2.04. The van der Waals surface area contributed by atoms with Crippen LogP contribution >= 0.6 is 11.3 Å². The number of amides is 1. The second-order valence-electron chi connectivity index (χ2n) is 4.37. The summed E-state index contributed by atoms with van der Waals surface area (Å²) in [4.78, 5) is 11.2. The van der Waals surface area contributed by atoms with Gasteiger partial charge in [0.15, 0.2) is 0 Å². The second-order valence-corrected chi connectivity index (χ2v) is 5.43. The van der Waals surface area contributed by atoms with Crippen molar-refractivity contribution >= 4 is 22.4 Å². The minimum absolute atomic E-state index is 0.0535. The quantitative estimate of drug-likeness (QED) is 0.915. The third-order valence-corrected chi connectivity index (χ3v) is 3.43. The van der Waals surface area contributed by atoms with Crippen molar-refractivity contribution in [1.82, 2.24) is 10.2 Å². The zero-order valence-corrected chi connectivity index (χ0v) is 12.3. The molecule has 1 amide bonds. The highest BCUT2D eigenvalue weighted by Crippen LogP contribution is 2.23. The molecule has 0 atom stereocenters. The molecule has 118 valence electrons. The minimum atomic E-state index is -4.54. The van der Waals surface area contributed by atoms with E-state index in [1.165, 1.54) is 0 Å². The van der Waals surface area contributed by atoms with E-state index in [1.54, 1.807) is 19.2 Å². The molecule has 2 aromatic rings. The molecular weight excluding hydrogens is 319 g/mol. The number of nitrogens with one attached hydrogen (secondary N) is 1. The van der Waals surface area contributed by atoms with E-state index in [1.807, 2.05) is 12.1 Å². The molecule has 2 rings (SSSR count). The van der Waals surface area contributed by atoms with E-state index in [0.29, 0.717) is 11.4 Å². The molecule has 0 aliphatic carbocycles. The molecule has 22 heavy (non-hydrogen) atoms. The number of halogens is 3. The molecule has 1 N–H and O–H groups in total. The summed E-state index contributed by atoms with van der Waals surface area (Å²) in [7, 11) is 1.57. The zero-order chi connectivity index (χ0) is 16.2. The molecule has 5 nitrogen and oxygen atoms in total. The van der Waals surface area contributed by atoms with Crippen LogP contribution in [0.3, 0.4) is 0 Å². The highest BCUT2D eigenvalue weighted by Gasteiger charge is 2.31. The Hall–Kier alpha value is -2.16. The van der Waals surface area contributed by atoms with Gasteiger partial charge in [-0.2, -0.15) is 13.2 Å². The molecule has 0 saturated heterocycles. The Labute approximate surface area is 128 Å². The summed E-state index contributed by atoms with van der Waals surface area (Å²) in [6.07, 6.45) is -5.61. The van der Waals surface area contributed by atoms with Gasteiger partial charge < -0.3 is 10.1 Å². The molecule has 0 aliphatic heterocycles. The van der Waals surface area contributed by atoms with Crippen LogP contribution in [0.4, 0.5) is 18.3 Å². The van der Waals surface area contributed by atoms with Gasteiger partial charge in [0.25, 0.3) is 0 Å². The summed E-state index contributed by atoms with van der Waals surface area (Å²) in [5.41, 5.74) is 0.949. The lowest BCUT2D eigenvalue weighted by atomic mass is 10.1. The van der Waals surface area contributed by atoms with Crippen molar-refractivity contribution in [3.63, 3.8) is 0 Å². The number of hydrogen-bond donors (Lipinski definition) is 1. The number of benzene rings is 1. The Morgan fingerprint density at radius 3 is 2.55 bits per heavy atom. The van der Waals surface area contributed by atoms with Crippen molar-refractivity contribution in [1.29, 1.82) is 0 Å². The number of nitrogens with zero attached hydrogens (tertiary/aromatic N) is 2. The largest absolute Gasteiger partial charge is 0.497 e. The summed E-state index contributed by atoms with van der Waals surface area (Å²) < 4.78 is 41.2. The van der Waals surface area contributed by atoms with Gasteiger partial charge in [-0.25, -0.2) is 0 Å². The van der Waals surface area contributed by atoms with E-state index in [2.05, 4.69) is 15.5 Å². The summed E-state index contributed by atoms with van der Waals surface area (Å²) in [5, 5.41) is 10.2. The van der Waals surface area contributed by atoms with Gasteiger partial charge in [0.05, 0.1) is 7.11 Å². The fourth-order valence-corrected chi connectivity index (χ4v) is 2.43. The van der Waals surface area contributed by atoms with Crippen molar-refractivity contribution in [3.8, 4) is 5.75 Å². The molecule has 0 fully saturated rings. The van der Waals surface area contributed by atoms with Gasteiger partial charge in [0, 0.05) is 6.42 Å². The maximum Gasteiger partial charge on any atom is 0.397 e. The first-order chi connectivity index (χ1) is 10.4. The van der Waals surface area contributed by atoms with Gasteiger partial charge in [-0.15, -0.1) is 10.2 Å². The monoisotopic (exact) mass is 331 g/mol. The van der Waals surface area contributed by atoms with Gasteiger partial charge in [-0.05, 0) is 17.7 Å². The maximum atomic E-state index is 12.1. The smallest absolute Gasteiger partial charge is 0.397 e. The Morgan fingerprint density at radius 2 is 1.95 bits per heavy atom. The van der Waals surface area contributed by atoms with Crippen LogP contribution < -0.4 is 10.1 Å². The second kappa shape index (κ2) is 6.73. The number of alkyl halides is 3. The van der Waals surface area contributed by atoms with E-state index >= 15 is 0 Å². The van der Waals surface area contributed by atoms with Gasteiger partial charge >= 0.3 is 6.18 Å². The molecule has 1 aromatic heterocycles. The van der Waals surface area contributed by atoms with Crippen LogP contribution in [-0.4, -0.2) is 29.4 Å². The summed E-state index contributed by atoms with van der Waals surface area (Å²) in [6.45, 7) is 0. The summed E-state index contributed by atoms with van der Waals surface area (Å²) in [6, 6.07) is 7.29. The molecule has 9 heteroatoms. The number of hydrogen-bond acceptors (Lipinski definition) is 5. The Balaban J connectivity index is 1.94. The Morgan fingerprint density at radius 1 is 1.27 bits per heavy atom. The number of anilines is 1. The van der Waals surface area contributed by atoms with Crippen LogP contribution in [0.5, 0.6) is 5.75 Å². The van der Waals surface area contributed by atoms with Crippen LogP contribution in [0.25, 0.3) is 0 Å². The molecule has 1 aromatic carbocycles. The predicted molar refractivity (Wildman–Crippen MR) is 75.0 cm³/mol. The van der Waals surface area contributed by atoms with Crippen LogP contribution in [0.1, 0.15) is 17.0 Å². The molecule has 1 heterocycles. The van der Waals surface area contributed by atoms with Crippen LogP contribution in [0, 0.1) is 0 Å². The summed E-state index contributed by atoms with van der Waals surface area (Å²) >= 11 is 1.04. The normalized spacial score (nSPS) is 11.3. The third-order valence-electron chi connectivity index (χ3n) is 2.59. The molecule has 0 spiro atoms. The Bertz CT molecular complexity index is 641. The van der Waals surface area contributed by atoms with E-state index in [9.17, 15) is 18.0 Å². The SMILES string of the molecule is COc1ccc(Cc2nnc(NC(=O)CC(F)(F)F)s2)cc1. The number of aromatic nitrogens is 2. The standard InChI is InChI=1S/C13H12F3N3O2S/c1-21-9-4-2-8(3-5-9)6-11-18-19-12(22-11)17-10(20)7-13(14,15)16/h2-5H,6-7H2,1H3,(H,17,19,20). The number of rotatable bonds is 5. The van der Waals surface area contributed by atoms with Crippen LogP contribution in [-0.2, 0) is 11.2 Å². The topological polar surface area (TPSA) is 64.1 Å². The van der Waals surface area contributed by atoms with Gasteiger partial charge in [-0.1, -0.05) is 23.5 Å². The molecule has 0 saturated carbocycles. The lowest BCUT2D eigenvalue weighted by molar-refractivity contribution is -0.150. The molecule has 0 unspecified atom stereocenters. The average Bonchev–Trinajstić information content (AvgIpc) is 2.84. The molecule has 0 radical (unpaired) electrons. The number of carbonyl (C=O) groups excluding carboxylic acids is 1. The fraction of sp³-hybridized carbons (Fsp3) is 0.308. The highest BCUT2D eigenvalue weighted by atomic mass is 32.1.